The fourth-order valence-corrected chi connectivity index (χ4v) is 3.12. The van der Waals surface area contributed by atoms with Gasteiger partial charge in [-0.2, -0.15) is 0 Å². The van der Waals surface area contributed by atoms with Crippen LogP contribution in [0.5, 0.6) is 0 Å². The highest BCUT2D eigenvalue weighted by Crippen LogP contribution is 2.25. The number of nitrogens with zero attached hydrogens (tertiary/aromatic N) is 6. The van der Waals surface area contributed by atoms with E-state index >= 15 is 0 Å². The fourth-order valence-electron chi connectivity index (χ4n) is 3.12. The topological polar surface area (TPSA) is 49.6 Å². The largest absolute Gasteiger partial charge is 0.350 e. The molecule has 0 amide bonds. The van der Waals surface area contributed by atoms with Gasteiger partial charge in [0.05, 0.1) is 0 Å². The molecule has 0 radical (unpaired) electrons. The quantitative estimate of drug-likeness (QED) is 0.725. The minimum absolute atomic E-state index is 0.244. The first-order chi connectivity index (χ1) is 12.0. The van der Waals surface area contributed by atoms with E-state index in [1.165, 1.54) is 12.1 Å². The molecule has 0 N–H and O–H groups in total. The molecule has 0 atom stereocenters. The Kier molecular flexibility index (Phi) is 3.84. The lowest BCUT2D eigenvalue weighted by Gasteiger charge is -2.44. The molecular formula is C17H18F2N6. The molecule has 0 aliphatic carbocycles. The zero-order valence-electron chi connectivity index (χ0n) is 14.0. The van der Waals surface area contributed by atoms with Crippen LogP contribution >= 0.6 is 0 Å². The van der Waals surface area contributed by atoms with E-state index in [4.69, 9.17) is 0 Å². The van der Waals surface area contributed by atoms with E-state index in [-0.39, 0.29) is 11.9 Å². The molecule has 130 valence electrons. The van der Waals surface area contributed by atoms with Crippen LogP contribution in [0.1, 0.15) is 11.4 Å². The Labute approximate surface area is 143 Å². The van der Waals surface area contributed by atoms with Crippen LogP contribution in [0.3, 0.4) is 0 Å². The molecule has 0 unspecified atom stereocenters. The minimum atomic E-state index is -0.418. The Hall–Kier alpha value is -2.61. The second-order valence-corrected chi connectivity index (χ2v) is 6.40. The van der Waals surface area contributed by atoms with Crippen molar-refractivity contribution in [1.29, 1.82) is 0 Å². The molecule has 25 heavy (non-hydrogen) atoms. The van der Waals surface area contributed by atoms with Crippen LogP contribution in [0.25, 0.3) is 5.65 Å². The minimum Gasteiger partial charge on any atom is -0.350 e. The van der Waals surface area contributed by atoms with Crippen molar-refractivity contribution >= 4 is 11.5 Å². The average molecular weight is 344 g/mol. The first-order valence-corrected chi connectivity index (χ1v) is 8.08. The maximum absolute atomic E-state index is 13.8. The van der Waals surface area contributed by atoms with E-state index in [0.717, 1.165) is 36.4 Å². The molecule has 0 saturated carbocycles. The van der Waals surface area contributed by atoms with Gasteiger partial charge in [0, 0.05) is 43.6 Å². The zero-order valence-corrected chi connectivity index (χ0v) is 14.0. The zero-order chi connectivity index (χ0) is 17.6. The third-order valence-corrected chi connectivity index (χ3v) is 4.69. The summed E-state index contributed by atoms with van der Waals surface area (Å²) in [5, 5.41) is 8.27. The number of halogens is 2. The second-order valence-electron chi connectivity index (χ2n) is 6.40. The molecule has 8 heteroatoms. The van der Waals surface area contributed by atoms with E-state index in [2.05, 4.69) is 20.1 Å². The number of benzene rings is 1. The van der Waals surface area contributed by atoms with Crippen LogP contribution in [0, 0.1) is 18.6 Å². The number of anilines is 1. The van der Waals surface area contributed by atoms with Gasteiger partial charge in [-0.05, 0) is 32.2 Å². The number of hydrogen-bond donors (Lipinski definition) is 0. The van der Waals surface area contributed by atoms with Gasteiger partial charge < -0.3 is 4.90 Å². The van der Waals surface area contributed by atoms with Crippen molar-refractivity contribution < 1.29 is 8.78 Å². The summed E-state index contributed by atoms with van der Waals surface area (Å²) in [6.45, 7) is 3.77. The van der Waals surface area contributed by atoms with Crippen molar-refractivity contribution in [2.75, 3.05) is 25.0 Å². The summed E-state index contributed by atoms with van der Waals surface area (Å²) in [6.07, 6.45) is 3.57. The number of rotatable bonds is 4. The molecule has 0 spiro atoms. The monoisotopic (exact) mass is 344 g/mol. The van der Waals surface area contributed by atoms with Crippen molar-refractivity contribution in [3.8, 4) is 0 Å². The Morgan fingerprint density at radius 3 is 2.84 bits per heavy atom. The van der Waals surface area contributed by atoms with Crippen molar-refractivity contribution in [3.05, 3.63) is 53.6 Å². The van der Waals surface area contributed by atoms with Crippen LogP contribution in [0.2, 0.25) is 0 Å². The Morgan fingerprint density at radius 1 is 1.24 bits per heavy atom. The predicted molar refractivity (Wildman–Crippen MR) is 89.3 cm³/mol. The van der Waals surface area contributed by atoms with Gasteiger partial charge in [0.15, 0.2) is 5.82 Å². The first-order valence-electron chi connectivity index (χ1n) is 8.08. The Bertz CT molecular complexity index is 919. The molecule has 3 heterocycles. The summed E-state index contributed by atoms with van der Waals surface area (Å²) >= 11 is 0. The maximum atomic E-state index is 13.8. The van der Waals surface area contributed by atoms with Gasteiger partial charge >= 0.3 is 0 Å². The normalized spacial score (nSPS) is 15.2. The highest BCUT2D eigenvalue weighted by molar-refractivity contribution is 5.65. The van der Waals surface area contributed by atoms with E-state index in [1.807, 2.05) is 29.5 Å². The molecule has 1 saturated heterocycles. The molecule has 1 aliphatic heterocycles. The molecule has 1 aliphatic rings. The Morgan fingerprint density at radius 2 is 2.04 bits per heavy atom. The van der Waals surface area contributed by atoms with Crippen molar-refractivity contribution in [2.45, 2.75) is 19.5 Å². The number of aryl methyl sites for hydroxylation is 1. The number of hydrogen-bond acceptors (Lipinski definition) is 5. The van der Waals surface area contributed by atoms with Gasteiger partial charge in [-0.1, -0.05) is 0 Å². The number of aromatic nitrogens is 4. The van der Waals surface area contributed by atoms with Crippen molar-refractivity contribution in [1.82, 2.24) is 24.5 Å². The van der Waals surface area contributed by atoms with Gasteiger partial charge in [0.25, 0.3) is 0 Å². The van der Waals surface area contributed by atoms with Crippen LogP contribution in [0.15, 0.2) is 30.6 Å². The van der Waals surface area contributed by atoms with E-state index in [1.54, 1.807) is 6.20 Å². The molecule has 0 bridgehead atoms. The smallest absolute Gasteiger partial charge is 0.203 e. The summed E-state index contributed by atoms with van der Waals surface area (Å²) in [6, 6.07) is 3.80. The number of likely N-dealkylation sites (N-methyl/N-ethyl adjacent to an activating group) is 1. The lowest BCUT2D eigenvalue weighted by Crippen LogP contribution is -2.58. The maximum Gasteiger partial charge on any atom is 0.203 e. The molecule has 1 aromatic carbocycles. The number of fused-ring (bicyclic) bond motifs is 1. The van der Waals surface area contributed by atoms with Crippen molar-refractivity contribution in [3.63, 3.8) is 0 Å². The van der Waals surface area contributed by atoms with Gasteiger partial charge in [0.1, 0.15) is 17.5 Å². The molecule has 1 fully saturated rings. The molecule has 4 rings (SSSR count). The summed E-state index contributed by atoms with van der Waals surface area (Å²) in [7, 11) is 1.92. The average Bonchev–Trinajstić information content (AvgIpc) is 2.92. The predicted octanol–water partition coefficient (Wildman–Crippen LogP) is 2.03. The molecular weight excluding hydrogens is 326 g/mol. The summed E-state index contributed by atoms with van der Waals surface area (Å²) < 4.78 is 29.0. The lowest BCUT2D eigenvalue weighted by atomic mass is 10.1. The SMILES string of the molecule is Cc1nnc2c(N3CC(N(C)Cc4cc(F)ccc4F)C3)nccn12. The van der Waals surface area contributed by atoms with E-state index in [0.29, 0.717) is 12.1 Å². The standard InChI is InChI=1S/C17H18F2N6/c1-11-21-22-17-16(20-5-6-25(11)17)24-9-14(10-24)23(2)8-12-7-13(18)3-4-15(12)19/h3-7,14H,8-10H2,1-2H3. The summed E-state index contributed by atoms with van der Waals surface area (Å²) in [4.78, 5) is 8.57. The van der Waals surface area contributed by atoms with Crippen LogP contribution < -0.4 is 4.90 Å². The fraction of sp³-hybridized carbons (Fsp3) is 0.353. The third-order valence-electron chi connectivity index (χ3n) is 4.69. The van der Waals surface area contributed by atoms with E-state index in [9.17, 15) is 8.78 Å². The third kappa shape index (κ3) is 2.82. The van der Waals surface area contributed by atoms with Crippen LogP contribution in [0.4, 0.5) is 14.6 Å². The second kappa shape index (κ2) is 6.03. The van der Waals surface area contributed by atoms with Crippen molar-refractivity contribution in [2.24, 2.45) is 0 Å². The van der Waals surface area contributed by atoms with Gasteiger partial charge in [-0.15, -0.1) is 10.2 Å². The van der Waals surface area contributed by atoms with Crippen LogP contribution in [-0.2, 0) is 6.54 Å². The first kappa shape index (κ1) is 15.9. The highest BCUT2D eigenvalue weighted by atomic mass is 19.1. The van der Waals surface area contributed by atoms with Crippen LogP contribution in [-0.4, -0.2) is 50.7 Å². The van der Waals surface area contributed by atoms with Gasteiger partial charge in [-0.3, -0.25) is 9.30 Å². The van der Waals surface area contributed by atoms with E-state index < -0.39 is 5.82 Å². The summed E-state index contributed by atoms with van der Waals surface area (Å²) in [5.41, 5.74) is 1.10. The highest BCUT2D eigenvalue weighted by Gasteiger charge is 2.32. The molecule has 6 nitrogen and oxygen atoms in total. The van der Waals surface area contributed by atoms with Gasteiger partial charge in [0.2, 0.25) is 5.65 Å². The molecule has 3 aromatic rings. The Balaban J connectivity index is 1.45. The van der Waals surface area contributed by atoms with Gasteiger partial charge in [-0.25, -0.2) is 13.8 Å². The summed E-state index contributed by atoms with van der Waals surface area (Å²) in [5.74, 6) is 0.812. The lowest BCUT2D eigenvalue weighted by molar-refractivity contribution is 0.194. The molecule has 2 aromatic heterocycles.